The molecule has 0 aliphatic heterocycles. The highest BCUT2D eigenvalue weighted by Crippen LogP contribution is 2.31. The highest BCUT2D eigenvalue weighted by atomic mass is 35.5. The third kappa shape index (κ3) is 4.02. The molecule has 0 spiro atoms. The summed E-state index contributed by atoms with van der Waals surface area (Å²) in [7, 11) is -0.800. The maximum atomic E-state index is 13.3. The molecule has 0 unspecified atom stereocenters. The number of anilines is 2. The average molecular weight is 490 g/mol. The summed E-state index contributed by atoms with van der Waals surface area (Å²) in [5.74, 6) is -0.319. The topological polar surface area (TPSA) is 97.2 Å². The molecule has 3 heterocycles. The molecular weight excluding hydrogens is 473 g/mol. The number of hydrogen-bond donors (Lipinski definition) is 1. The number of carbonyl (C=O) groups excluding carboxylic acids is 1. The number of nitrogens with zero attached hydrogens (tertiary/aromatic N) is 4. The molecule has 0 fully saturated rings. The van der Waals surface area contributed by atoms with E-state index in [1.54, 1.807) is 44.4 Å². The molecule has 1 N–H and O–H groups in total. The minimum Gasteiger partial charge on any atom is -0.353 e. The fourth-order valence-corrected chi connectivity index (χ4v) is 4.88. The maximum absolute atomic E-state index is 13.3. The van der Waals surface area contributed by atoms with Gasteiger partial charge in [-0.05, 0) is 42.5 Å². The summed E-state index contributed by atoms with van der Waals surface area (Å²) in [4.78, 5) is 22.0. The fraction of sp³-hybridized carbons (Fsp3) is 0.0952. The Morgan fingerprint density at radius 2 is 1.91 bits per heavy atom. The standard InChI is InChI=1S/C21H17Cl2N5O3S/c1-27(2)21(29)16-12-28(32(30,31)14-4-3-9-24-11-14)18-10-13(5-6-15(16)18)25-17-7-8-19(22)26-20(17)23/h3-12,25H,1-2H3. The van der Waals surface area contributed by atoms with Crippen molar-refractivity contribution in [2.45, 2.75) is 4.90 Å². The number of fused-ring (bicyclic) bond motifs is 1. The van der Waals surface area contributed by atoms with Gasteiger partial charge in [0.1, 0.15) is 10.0 Å². The van der Waals surface area contributed by atoms with E-state index < -0.39 is 10.0 Å². The van der Waals surface area contributed by atoms with Gasteiger partial charge in [-0.25, -0.2) is 17.4 Å². The second kappa shape index (κ2) is 8.42. The Kier molecular flexibility index (Phi) is 5.81. The molecule has 3 aromatic heterocycles. The number of nitrogens with one attached hydrogen (secondary N) is 1. The first kappa shape index (κ1) is 22.1. The van der Waals surface area contributed by atoms with Crippen LogP contribution in [0, 0.1) is 0 Å². The molecule has 0 bridgehead atoms. The van der Waals surface area contributed by atoms with E-state index in [9.17, 15) is 13.2 Å². The summed E-state index contributed by atoms with van der Waals surface area (Å²) >= 11 is 12.0. The zero-order chi connectivity index (χ0) is 23.0. The van der Waals surface area contributed by atoms with Crippen molar-refractivity contribution in [1.29, 1.82) is 0 Å². The lowest BCUT2D eigenvalue weighted by Gasteiger charge is -2.11. The number of carbonyl (C=O) groups is 1. The number of aromatic nitrogens is 3. The Labute approximate surface area is 194 Å². The molecule has 164 valence electrons. The van der Waals surface area contributed by atoms with Gasteiger partial charge in [-0.3, -0.25) is 9.78 Å². The molecule has 0 saturated carbocycles. The van der Waals surface area contributed by atoms with Gasteiger partial charge in [-0.1, -0.05) is 23.2 Å². The van der Waals surface area contributed by atoms with E-state index in [0.717, 1.165) is 3.97 Å². The van der Waals surface area contributed by atoms with E-state index in [1.165, 1.54) is 35.6 Å². The van der Waals surface area contributed by atoms with E-state index >= 15 is 0 Å². The molecule has 11 heteroatoms. The lowest BCUT2D eigenvalue weighted by molar-refractivity contribution is 0.0829. The van der Waals surface area contributed by atoms with Gasteiger partial charge in [-0.2, -0.15) is 0 Å². The van der Waals surface area contributed by atoms with Crippen molar-refractivity contribution in [3.05, 3.63) is 76.9 Å². The third-order valence-electron chi connectivity index (χ3n) is 4.69. The van der Waals surface area contributed by atoms with E-state index in [-0.39, 0.29) is 26.7 Å². The molecule has 8 nitrogen and oxygen atoms in total. The highest BCUT2D eigenvalue weighted by molar-refractivity contribution is 7.90. The Hall–Kier alpha value is -3.14. The fourth-order valence-electron chi connectivity index (χ4n) is 3.16. The van der Waals surface area contributed by atoms with Gasteiger partial charge in [0, 0.05) is 43.8 Å². The number of benzene rings is 1. The summed E-state index contributed by atoms with van der Waals surface area (Å²) in [6, 6.07) is 11.3. The average Bonchev–Trinajstić information content (AvgIpc) is 3.15. The Morgan fingerprint density at radius 3 is 2.56 bits per heavy atom. The lowest BCUT2D eigenvalue weighted by Crippen LogP contribution is -2.21. The van der Waals surface area contributed by atoms with Gasteiger partial charge in [0.15, 0.2) is 5.15 Å². The normalized spacial score (nSPS) is 11.5. The minimum absolute atomic E-state index is 0.00376. The van der Waals surface area contributed by atoms with Gasteiger partial charge in [0.05, 0.1) is 16.8 Å². The third-order valence-corrected chi connectivity index (χ3v) is 6.85. The second-order valence-electron chi connectivity index (χ2n) is 7.06. The molecule has 4 rings (SSSR count). The quantitative estimate of drug-likeness (QED) is 0.416. The van der Waals surface area contributed by atoms with Crippen molar-refractivity contribution in [2.24, 2.45) is 0 Å². The van der Waals surface area contributed by atoms with Gasteiger partial charge in [0.25, 0.3) is 15.9 Å². The summed E-state index contributed by atoms with van der Waals surface area (Å²) in [6.07, 6.45) is 4.07. The van der Waals surface area contributed by atoms with Gasteiger partial charge < -0.3 is 10.2 Å². The Morgan fingerprint density at radius 1 is 1.12 bits per heavy atom. The van der Waals surface area contributed by atoms with Crippen LogP contribution < -0.4 is 5.32 Å². The van der Waals surface area contributed by atoms with Crippen molar-refractivity contribution in [3.8, 4) is 0 Å². The van der Waals surface area contributed by atoms with Crippen molar-refractivity contribution >= 4 is 61.4 Å². The van der Waals surface area contributed by atoms with Crippen molar-refractivity contribution in [1.82, 2.24) is 18.8 Å². The summed E-state index contributed by atoms with van der Waals surface area (Å²) < 4.78 is 27.8. The number of amides is 1. The molecule has 0 saturated heterocycles. The van der Waals surface area contributed by atoms with Crippen LogP contribution in [0.25, 0.3) is 10.9 Å². The van der Waals surface area contributed by atoms with E-state index in [2.05, 4.69) is 15.3 Å². The van der Waals surface area contributed by atoms with Crippen LogP contribution in [0.5, 0.6) is 0 Å². The van der Waals surface area contributed by atoms with E-state index in [1.807, 2.05) is 0 Å². The Balaban J connectivity index is 1.90. The van der Waals surface area contributed by atoms with Crippen LogP contribution in [0.15, 0.2) is 66.0 Å². The predicted octanol–water partition coefficient (Wildman–Crippen LogP) is 4.42. The largest absolute Gasteiger partial charge is 0.353 e. The smallest absolute Gasteiger partial charge is 0.269 e. The van der Waals surface area contributed by atoms with Gasteiger partial charge >= 0.3 is 0 Å². The zero-order valence-electron chi connectivity index (χ0n) is 17.0. The summed E-state index contributed by atoms with van der Waals surface area (Å²) in [6.45, 7) is 0. The molecule has 1 aromatic carbocycles. The van der Waals surface area contributed by atoms with Crippen LogP contribution in [-0.2, 0) is 10.0 Å². The van der Waals surface area contributed by atoms with Crippen LogP contribution >= 0.6 is 23.2 Å². The maximum Gasteiger partial charge on any atom is 0.269 e. The number of hydrogen-bond acceptors (Lipinski definition) is 6. The first-order chi connectivity index (χ1) is 15.2. The van der Waals surface area contributed by atoms with Crippen LogP contribution in [0.3, 0.4) is 0 Å². The molecule has 0 radical (unpaired) electrons. The predicted molar refractivity (Wildman–Crippen MR) is 124 cm³/mol. The summed E-state index contributed by atoms with van der Waals surface area (Å²) in [5.41, 5.74) is 1.62. The zero-order valence-corrected chi connectivity index (χ0v) is 19.3. The first-order valence-corrected chi connectivity index (χ1v) is 11.5. The minimum atomic E-state index is -4.01. The number of halogens is 2. The SMILES string of the molecule is CN(C)C(=O)c1cn(S(=O)(=O)c2cccnc2)c2cc(Nc3ccc(Cl)nc3Cl)ccc12. The number of rotatable bonds is 5. The van der Waals surface area contributed by atoms with Crippen molar-refractivity contribution < 1.29 is 13.2 Å². The van der Waals surface area contributed by atoms with Crippen LogP contribution in [-0.4, -0.2) is 47.3 Å². The van der Waals surface area contributed by atoms with E-state index in [0.29, 0.717) is 22.3 Å². The second-order valence-corrected chi connectivity index (χ2v) is 9.62. The van der Waals surface area contributed by atoms with Crippen molar-refractivity contribution in [3.63, 3.8) is 0 Å². The molecule has 4 aromatic rings. The number of pyridine rings is 2. The first-order valence-electron chi connectivity index (χ1n) is 9.30. The monoisotopic (exact) mass is 489 g/mol. The lowest BCUT2D eigenvalue weighted by atomic mass is 10.1. The van der Waals surface area contributed by atoms with Crippen LogP contribution in [0.2, 0.25) is 10.3 Å². The molecular formula is C21H17Cl2N5O3S. The van der Waals surface area contributed by atoms with Crippen LogP contribution in [0.1, 0.15) is 10.4 Å². The van der Waals surface area contributed by atoms with Crippen molar-refractivity contribution in [2.75, 3.05) is 19.4 Å². The van der Waals surface area contributed by atoms with Gasteiger partial charge in [0.2, 0.25) is 0 Å². The molecule has 0 aliphatic carbocycles. The molecule has 0 atom stereocenters. The van der Waals surface area contributed by atoms with Crippen LogP contribution in [0.4, 0.5) is 11.4 Å². The molecule has 0 aliphatic rings. The molecule has 32 heavy (non-hydrogen) atoms. The van der Waals surface area contributed by atoms with Gasteiger partial charge in [-0.15, -0.1) is 0 Å². The molecule has 1 amide bonds. The highest BCUT2D eigenvalue weighted by Gasteiger charge is 2.25. The Bertz CT molecular complexity index is 1440. The van der Waals surface area contributed by atoms with E-state index in [4.69, 9.17) is 23.2 Å². The summed E-state index contributed by atoms with van der Waals surface area (Å²) in [5, 5.41) is 4.01.